The summed E-state index contributed by atoms with van der Waals surface area (Å²) in [4.78, 5) is 51.7. The number of carboxylic acids is 1. The monoisotopic (exact) mass is 613 g/mol. The molecule has 250 valence electrons. The zero-order chi connectivity index (χ0) is 33.1. The number of hydrogen-bond donors (Lipinski definition) is 3. The van der Waals surface area contributed by atoms with Crippen LogP contribution >= 0.6 is 0 Å². The van der Waals surface area contributed by atoms with E-state index in [4.69, 9.17) is 14.6 Å². The second kappa shape index (κ2) is 17.2. The minimum atomic E-state index is -0.634. The number of carbonyl (C=O) groups is 4. The molecular formula is C31H59N5O7. The number of carbonyl (C=O) groups excluding carboxylic acids is 3. The summed E-state index contributed by atoms with van der Waals surface area (Å²) in [5.41, 5.74) is -0.947. The Kier molecular flexibility index (Phi) is 15.4. The van der Waals surface area contributed by atoms with Gasteiger partial charge in [-0.1, -0.05) is 13.8 Å². The fraction of sp³-hybridized carbons (Fsp3) is 0.871. The first-order chi connectivity index (χ1) is 19.7. The molecule has 2 amide bonds. The number of nitrogens with zero attached hydrogens (tertiary/aromatic N) is 3. The molecule has 3 heterocycles. The second-order valence-corrected chi connectivity index (χ2v) is 14.4. The number of likely N-dealkylation sites (N-methyl/N-ethyl adjacent to an activating group) is 1. The van der Waals surface area contributed by atoms with Crippen molar-refractivity contribution in [2.75, 3.05) is 60.4 Å². The van der Waals surface area contributed by atoms with E-state index in [1.165, 1.54) is 0 Å². The van der Waals surface area contributed by atoms with Crippen molar-refractivity contribution < 1.29 is 33.8 Å². The maximum atomic E-state index is 11.6. The number of ketones is 1. The average Bonchev–Trinajstić information content (AvgIpc) is 2.81. The summed E-state index contributed by atoms with van der Waals surface area (Å²) >= 11 is 0. The lowest BCUT2D eigenvalue weighted by atomic mass is 9.87. The lowest BCUT2D eigenvalue weighted by molar-refractivity contribution is -0.145. The number of amides is 2. The van der Waals surface area contributed by atoms with E-state index in [0.717, 1.165) is 45.6 Å². The van der Waals surface area contributed by atoms with E-state index in [-0.39, 0.29) is 23.8 Å². The van der Waals surface area contributed by atoms with E-state index in [9.17, 15) is 19.2 Å². The van der Waals surface area contributed by atoms with Crippen LogP contribution in [0, 0.1) is 17.8 Å². The van der Waals surface area contributed by atoms with Gasteiger partial charge in [0.05, 0.1) is 18.5 Å². The fourth-order valence-corrected chi connectivity index (χ4v) is 5.32. The molecule has 12 heteroatoms. The molecule has 3 fully saturated rings. The zero-order valence-electron chi connectivity index (χ0n) is 28.5. The molecule has 12 nitrogen and oxygen atoms in total. The zero-order valence-corrected chi connectivity index (χ0v) is 28.5. The first-order valence-corrected chi connectivity index (χ1v) is 15.5. The Morgan fingerprint density at radius 3 is 1.65 bits per heavy atom. The molecule has 0 aliphatic carbocycles. The Balaban J connectivity index is 0.000000329. The van der Waals surface area contributed by atoms with E-state index in [1.54, 1.807) is 20.8 Å². The highest BCUT2D eigenvalue weighted by molar-refractivity contribution is 5.89. The van der Waals surface area contributed by atoms with Crippen LogP contribution in [0.15, 0.2) is 0 Å². The molecule has 0 aromatic heterocycles. The number of likely N-dealkylation sites (tertiary alicyclic amines) is 3. The lowest BCUT2D eigenvalue weighted by Crippen LogP contribution is -2.51. The number of piperidine rings is 3. The highest BCUT2D eigenvalue weighted by atomic mass is 16.6. The van der Waals surface area contributed by atoms with Crippen molar-refractivity contribution in [3.05, 3.63) is 0 Å². The van der Waals surface area contributed by atoms with Crippen LogP contribution in [-0.2, 0) is 19.1 Å². The van der Waals surface area contributed by atoms with Gasteiger partial charge in [0.2, 0.25) is 0 Å². The van der Waals surface area contributed by atoms with E-state index in [0.29, 0.717) is 24.8 Å². The summed E-state index contributed by atoms with van der Waals surface area (Å²) < 4.78 is 10.4. The Morgan fingerprint density at radius 2 is 1.21 bits per heavy atom. The molecule has 3 rings (SSSR count). The van der Waals surface area contributed by atoms with Crippen molar-refractivity contribution in [1.82, 2.24) is 25.3 Å². The van der Waals surface area contributed by atoms with Crippen LogP contribution < -0.4 is 10.6 Å². The van der Waals surface area contributed by atoms with Crippen molar-refractivity contribution >= 4 is 23.9 Å². The Bertz CT molecular complexity index is 917. The molecule has 0 aromatic carbocycles. The van der Waals surface area contributed by atoms with Crippen LogP contribution in [-0.4, -0.2) is 127 Å². The topological polar surface area (TPSA) is 141 Å². The molecule has 0 saturated carbocycles. The van der Waals surface area contributed by atoms with Gasteiger partial charge in [0, 0.05) is 25.7 Å². The van der Waals surface area contributed by atoms with E-state index in [1.807, 2.05) is 46.7 Å². The normalized spacial score (nSPS) is 27.4. The molecule has 3 N–H and O–H groups in total. The number of alkyl carbamates (subject to hydrolysis) is 2. The Hall–Kier alpha value is -2.44. The number of ether oxygens (including phenoxy) is 2. The molecule has 0 bridgehead atoms. The van der Waals surface area contributed by atoms with Crippen molar-refractivity contribution in [2.24, 2.45) is 17.8 Å². The van der Waals surface area contributed by atoms with Gasteiger partial charge < -0.3 is 35.0 Å². The lowest BCUT2D eigenvalue weighted by Gasteiger charge is -2.35. The van der Waals surface area contributed by atoms with Gasteiger partial charge >= 0.3 is 18.2 Å². The van der Waals surface area contributed by atoms with Crippen molar-refractivity contribution in [1.29, 1.82) is 0 Å². The first-order valence-electron chi connectivity index (χ1n) is 15.5. The van der Waals surface area contributed by atoms with E-state index in [2.05, 4.69) is 34.4 Å². The van der Waals surface area contributed by atoms with Crippen molar-refractivity contribution in [3.63, 3.8) is 0 Å². The molecule has 5 unspecified atom stereocenters. The highest BCUT2D eigenvalue weighted by Crippen LogP contribution is 2.22. The number of nitrogens with one attached hydrogen (secondary N) is 2. The molecule has 0 aromatic rings. The van der Waals surface area contributed by atoms with Crippen LogP contribution in [0.5, 0.6) is 0 Å². The summed E-state index contributed by atoms with van der Waals surface area (Å²) in [5.74, 6) is 0.0638. The first kappa shape index (κ1) is 38.6. The molecule has 3 saturated heterocycles. The van der Waals surface area contributed by atoms with Crippen LogP contribution in [0.1, 0.15) is 74.7 Å². The number of carboxylic acid groups (broad SMARTS) is 1. The summed E-state index contributed by atoms with van der Waals surface area (Å²) in [6.07, 6.45) is 1.63. The van der Waals surface area contributed by atoms with Crippen LogP contribution in [0.25, 0.3) is 0 Å². The molecule has 0 radical (unpaired) electrons. The smallest absolute Gasteiger partial charge is 0.408 e. The summed E-state index contributed by atoms with van der Waals surface area (Å²) in [6.45, 7) is 20.3. The molecule has 5 atom stereocenters. The van der Waals surface area contributed by atoms with Gasteiger partial charge in [0.15, 0.2) is 5.78 Å². The third-order valence-corrected chi connectivity index (χ3v) is 7.54. The van der Waals surface area contributed by atoms with Crippen LogP contribution in [0.3, 0.4) is 0 Å². The van der Waals surface area contributed by atoms with Crippen molar-refractivity contribution in [3.8, 4) is 0 Å². The van der Waals surface area contributed by atoms with Crippen molar-refractivity contribution in [2.45, 2.75) is 97.9 Å². The van der Waals surface area contributed by atoms with Gasteiger partial charge in [0.25, 0.3) is 0 Å². The maximum Gasteiger partial charge on any atom is 0.408 e. The van der Waals surface area contributed by atoms with E-state index < -0.39 is 29.3 Å². The number of rotatable bonds is 3. The van der Waals surface area contributed by atoms with Gasteiger partial charge in [-0.05, 0) is 107 Å². The summed E-state index contributed by atoms with van der Waals surface area (Å²) in [6, 6.07) is -0.155. The third kappa shape index (κ3) is 16.3. The molecule has 3 aliphatic heterocycles. The number of aliphatic carboxylic acids is 1. The third-order valence-electron chi connectivity index (χ3n) is 7.54. The number of Topliss-reactive ketones (excluding diaryl/α,β-unsaturated/α-hetero) is 1. The minimum absolute atomic E-state index is 0.0413. The predicted octanol–water partition coefficient (Wildman–Crippen LogP) is 3.29. The SMILES string of the molecule is CC1CN(C)CCC1C(=O)O.CC1CN(C)CCC1NC(=O)OC(C)(C)C.CN1CCC(NC(=O)OC(C)(C)C)C(=O)C1. The second-order valence-electron chi connectivity index (χ2n) is 14.4. The molecule has 43 heavy (non-hydrogen) atoms. The molecule has 0 spiro atoms. The standard InChI is InChI=1S/C12H24N2O2.C11H20N2O3.C8H15NO2/c1-9-8-14(5)7-6-10(9)13-11(15)16-12(2,3)4;1-11(2,3)16-10(15)12-8-5-6-13(4)7-9(8)14;1-6-5-9(2)4-3-7(6)8(10)11/h9-10H,6-8H2,1-5H3,(H,13,15);8H,5-7H2,1-4H3,(H,12,15);6-7H,3-5H2,1-2H3,(H,10,11). The Morgan fingerprint density at radius 1 is 0.744 bits per heavy atom. The van der Waals surface area contributed by atoms with Gasteiger partial charge in [-0.15, -0.1) is 0 Å². The summed E-state index contributed by atoms with van der Waals surface area (Å²) in [5, 5.41) is 14.3. The maximum absolute atomic E-state index is 11.6. The summed E-state index contributed by atoms with van der Waals surface area (Å²) in [7, 11) is 6.04. The fourth-order valence-electron chi connectivity index (χ4n) is 5.32. The Labute approximate surface area is 259 Å². The minimum Gasteiger partial charge on any atom is -0.481 e. The quantitative estimate of drug-likeness (QED) is 0.434. The van der Waals surface area contributed by atoms with Gasteiger partial charge in [0.1, 0.15) is 11.2 Å². The van der Waals surface area contributed by atoms with E-state index >= 15 is 0 Å². The molecule has 3 aliphatic rings. The highest BCUT2D eigenvalue weighted by Gasteiger charge is 2.30. The average molecular weight is 614 g/mol. The number of hydrogen-bond acceptors (Lipinski definition) is 9. The van der Waals surface area contributed by atoms with Gasteiger partial charge in [-0.25, -0.2) is 9.59 Å². The largest absolute Gasteiger partial charge is 0.481 e. The van der Waals surface area contributed by atoms with Crippen LogP contribution in [0.4, 0.5) is 9.59 Å². The van der Waals surface area contributed by atoms with Gasteiger partial charge in [-0.3, -0.25) is 14.5 Å². The van der Waals surface area contributed by atoms with Gasteiger partial charge in [-0.2, -0.15) is 0 Å². The van der Waals surface area contributed by atoms with Crippen LogP contribution in [0.2, 0.25) is 0 Å². The predicted molar refractivity (Wildman–Crippen MR) is 167 cm³/mol. The molecular weight excluding hydrogens is 554 g/mol.